The summed E-state index contributed by atoms with van der Waals surface area (Å²) in [5.41, 5.74) is 5.96. The first kappa shape index (κ1) is 15.6. The van der Waals surface area contributed by atoms with E-state index >= 15 is 0 Å². The highest BCUT2D eigenvalue weighted by atomic mass is 16.3. The van der Waals surface area contributed by atoms with E-state index < -0.39 is 12.1 Å². The molecule has 6 nitrogen and oxygen atoms in total. The van der Waals surface area contributed by atoms with Crippen LogP contribution in [0.5, 0.6) is 5.75 Å². The number of carbonyl (C=O) groups is 1. The van der Waals surface area contributed by atoms with E-state index in [1.807, 2.05) is 0 Å². The van der Waals surface area contributed by atoms with Crippen LogP contribution in [-0.2, 0) is 0 Å². The van der Waals surface area contributed by atoms with Crippen molar-refractivity contribution in [3.63, 3.8) is 0 Å². The fourth-order valence-corrected chi connectivity index (χ4v) is 2.74. The van der Waals surface area contributed by atoms with Gasteiger partial charge in [0, 0.05) is 24.3 Å². The Morgan fingerprint density at radius 1 is 1.29 bits per heavy atom. The first-order valence-corrected chi connectivity index (χ1v) is 7.36. The van der Waals surface area contributed by atoms with Gasteiger partial charge in [0.25, 0.3) is 0 Å². The number of nitrogens with one attached hydrogen (secondary N) is 2. The molecule has 21 heavy (non-hydrogen) atoms. The van der Waals surface area contributed by atoms with Gasteiger partial charge in [0.15, 0.2) is 0 Å². The van der Waals surface area contributed by atoms with Crippen LogP contribution in [0.3, 0.4) is 0 Å². The van der Waals surface area contributed by atoms with E-state index in [2.05, 4.69) is 10.6 Å². The number of rotatable bonds is 5. The maximum absolute atomic E-state index is 10.8. The van der Waals surface area contributed by atoms with Crippen molar-refractivity contribution in [3.05, 3.63) is 23.8 Å². The zero-order valence-corrected chi connectivity index (χ0v) is 12.0. The minimum atomic E-state index is -0.743. The summed E-state index contributed by atoms with van der Waals surface area (Å²) >= 11 is 0. The molecule has 0 aliphatic heterocycles. The number of aliphatic hydroxyl groups excluding tert-OH is 1. The number of aromatic hydroxyl groups is 1. The molecule has 1 aliphatic carbocycles. The number of amides is 2. The average Bonchev–Trinajstić information content (AvgIpc) is 2.44. The average molecular weight is 293 g/mol. The number of hydrogen-bond donors (Lipinski definition) is 5. The zero-order valence-electron chi connectivity index (χ0n) is 12.0. The highest BCUT2D eigenvalue weighted by Crippen LogP contribution is 2.25. The van der Waals surface area contributed by atoms with E-state index in [0.717, 1.165) is 12.8 Å². The van der Waals surface area contributed by atoms with Gasteiger partial charge in [0.05, 0.1) is 6.10 Å². The lowest BCUT2D eigenvalue weighted by Crippen LogP contribution is -2.34. The lowest BCUT2D eigenvalue weighted by atomic mass is 9.95. The lowest BCUT2D eigenvalue weighted by molar-refractivity contribution is 0.165. The summed E-state index contributed by atoms with van der Waals surface area (Å²) < 4.78 is 0. The van der Waals surface area contributed by atoms with E-state index in [1.54, 1.807) is 6.07 Å². The Hall–Kier alpha value is -1.79. The third-order valence-corrected chi connectivity index (χ3v) is 3.80. The summed E-state index contributed by atoms with van der Waals surface area (Å²) in [5.74, 6) is -0.0204. The van der Waals surface area contributed by atoms with E-state index in [-0.39, 0.29) is 5.75 Å². The summed E-state index contributed by atoms with van der Waals surface area (Å²) in [4.78, 5) is 10.8. The number of phenolic OH excluding ortho intramolecular Hbond substituents is 1. The number of benzene rings is 1. The van der Waals surface area contributed by atoms with Gasteiger partial charge in [-0.05, 0) is 30.5 Å². The lowest BCUT2D eigenvalue weighted by Gasteiger charge is -2.24. The van der Waals surface area contributed by atoms with Gasteiger partial charge >= 0.3 is 6.03 Å². The van der Waals surface area contributed by atoms with E-state index in [0.29, 0.717) is 23.8 Å². The molecule has 1 fully saturated rings. The quantitative estimate of drug-likeness (QED) is 0.571. The molecule has 2 amide bonds. The van der Waals surface area contributed by atoms with E-state index in [1.165, 1.54) is 31.4 Å². The van der Waals surface area contributed by atoms with Crippen LogP contribution in [0, 0.1) is 0 Å². The summed E-state index contributed by atoms with van der Waals surface area (Å²) in [5, 5.41) is 25.6. The predicted octanol–water partition coefficient (Wildman–Crippen LogP) is 1.84. The smallest absolute Gasteiger partial charge is 0.316 e. The summed E-state index contributed by atoms with van der Waals surface area (Å²) in [6.45, 7) is 0.421. The number of carbonyl (C=O) groups excluding carboxylic acids is 1. The Morgan fingerprint density at radius 3 is 2.67 bits per heavy atom. The van der Waals surface area contributed by atoms with Crippen LogP contribution in [0.2, 0.25) is 0 Å². The van der Waals surface area contributed by atoms with Gasteiger partial charge in [0.1, 0.15) is 5.75 Å². The third-order valence-electron chi connectivity index (χ3n) is 3.80. The normalized spacial score (nSPS) is 17.4. The molecular formula is C15H23N3O3. The molecule has 0 saturated heterocycles. The molecule has 1 unspecified atom stereocenters. The molecule has 0 heterocycles. The van der Waals surface area contributed by atoms with Crippen LogP contribution in [0.25, 0.3) is 0 Å². The largest absolute Gasteiger partial charge is 0.508 e. The van der Waals surface area contributed by atoms with Crippen LogP contribution < -0.4 is 16.4 Å². The standard InChI is InChI=1S/C15H23N3O3/c16-15(21)18-12-6-10(7-13(19)8-12)14(20)9-17-11-4-2-1-3-5-11/h6-8,11,14,17,19-20H,1-5,9H2,(H3,16,18,21). The fourth-order valence-electron chi connectivity index (χ4n) is 2.74. The Morgan fingerprint density at radius 2 is 2.00 bits per heavy atom. The number of hydrogen-bond acceptors (Lipinski definition) is 4. The molecule has 0 bridgehead atoms. The van der Waals surface area contributed by atoms with Crippen LogP contribution in [0.1, 0.15) is 43.8 Å². The minimum absolute atomic E-state index is 0.0204. The molecule has 1 saturated carbocycles. The topological polar surface area (TPSA) is 108 Å². The van der Waals surface area contributed by atoms with Crippen molar-refractivity contribution in [1.82, 2.24) is 5.32 Å². The number of urea groups is 1. The molecule has 1 aromatic carbocycles. The molecule has 0 spiro atoms. The number of phenols is 1. The van der Waals surface area contributed by atoms with Gasteiger partial charge in [-0.15, -0.1) is 0 Å². The van der Waals surface area contributed by atoms with Crippen molar-refractivity contribution in [2.75, 3.05) is 11.9 Å². The van der Waals surface area contributed by atoms with Crippen molar-refractivity contribution in [1.29, 1.82) is 0 Å². The monoisotopic (exact) mass is 293 g/mol. The summed E-state index contributed by atoms with van der Waals surface area (Å²) in [6.07, 6.45) is 5.28. The molecule has 6 N–H and O–H groups in total. The summed E-state index contributed by atoms with van der Waals surface area (Å²) in [7, 11) is 0. The fraction of sp³-hybridized carbons (Fsp3) is 0.533. The molecule has 0 radical (unpaired) electrons. The Kier molecular flexibility index (Phi) is 5.41. The minimum Gasteiger partial charge on any atom is -0.508 e. The molecule has 1 atom stereocenters. The van der Waals surface area contributed by atoms with Gasteiger partial charge in [-0.1, -0.05) is 19.3 Å². The SMILES string of the molecule is NC(=O)Nc1cc(O)cc(C(O)CNC2CCCCC2)c1. The second kappa shape index (κ2) is 7.28. The van der Waals surface area contributed by atoms with Crippen molar-refractivity contribution in [2.45, 2.75) is 44.2 Å². The van der Waals surface area contributed by atoms with Gasteiger partial charge in [-0.2, -0.15) is 0 Å². The number of primary amides is 1. The van der Waals surface area contributed by atoms with Crippen LogP contribution in [0.15, 0.2) is 18.2 Å². The molecule has 1 aromatic rings. The first-order valence-electron chi connectivity index (χ1n) is 7.36. The highest BCUT2D eigenvalue weighted by Gasteiger charge is 2.16. The predicted molar refractivity (Wildman–Crippen MR) is 81.1 cm³/mol. The van der Waals surface area contributed by atoms with Crippen LogP contribution in [-0.4, -0.2) is 28.8 Å². The van der Waals surface area contributed by atoms with Gasteiger partial charge < -0.3 is 26.6 Å². The second-order valence-electron chi connectivity index (χ2n) is 5.56. The maximum atomic E-state index is 10.8. The van der Waals surface area contributed by atoms with Gasteiger partial charge in [-0.3, -0.25) is 0 Å². The number of aliphatic hydroxyl groups is 1. The Balaban J connectivity index is 1.95. The van der Waals surface area contributed by atoms with Crippen molar-refractivity contribution >= 4 is 11.7 Å². The molecule has 0 aromatic heterocycles. The number of anilines is 1. The third kappa shape index (κ3) is 4.91. The van der Waals surface area contributed by atoms with Gasteiger partial charge in [0.2, 0.25) is 0 Å². The van der Waals surface area contributed by atoms with Crippen LogP contribution in [0.4, 0.5) is 10.5 Å². The van der Waals surface area contributed by atoms with Crippen molar-refractivity contribution < 1.29 is 15.0 Å². The first-order chi connectivity index (χ1) is 10.0. The maximum Gasteiger partial charge on any atom is 0.316 e. The Labute approximate surface area is 124 Å². The van der Waals surface area contributed by atoms with E-state index in [4.69, 9.17) is 5.73 Å². The van der Waals surface area contributed by atoms with Crippen molar-refractivity contribution in [3.8, 4) is 5.75 Å². The number of nitrogens with two attached hydrogens (primary N) is 1. The van der Waals surface area contributed by atoms with Crippen LogP contribution >= 0.6 is 0 Å². The Bertz CT molecular complexity index is 487. The molecule has 116 valence electrons. The zero-order chi connectivity index (χ0) is 15.2. The summed E-state index contributed by atoms with van der Waals surface area (Å²) in [6, 6.07) is 4.22. The molecule has 1 aliphatic rings. The molecular weight excluding hydrogens is 270 g/mol. The van der Waals surface area contributed by atoms with E-state index in [9.17, 15) is 15.0 Å². The second-order valence-corrected chi connectivity index (χ2v) is 5.56. The molecule has 6 heteroatoms. The highest BCUT2D eigenvalue weighted by molar-refractivity contribution is 5.88. The van der Waals surface area contributed by atoms with Gasteiger partial charge in [-0.25, -0.2) is 4.79 Å². The molecule has 2 rings (SSSR count). The van der Waals surface area contributed by atoms with Crippen molar-refractivity contribution in [2.24, 2.45) is 5.73 Å².